The second kappa shape index (κ2) is 9.05. The van der Waals surface area contributed by atoms with Gasteiger partial charge in [0.05, 0.1) is 37.4 Å². The molecule has 0 spiro atoms. The Labute approximate surface area is 193 Å². The van der Waals surface area contributed by atoms with Crippen LogP contribution >= 0.6 is 11.3 Å². The number of thiazole rings is 1. The third kappa shape index (κ3) is 4.51. The summed E-state index contributed by atoms with van der Waals surface area (Å²) >= 11 is 1.39. The molecule has 1 aromatic carbocycles. The van der Waals surface area contributed by atoms with Crippen LogP contribution in [0.3, 0.4) is 0 Å². The van der Waals surface area contributed by atoms with Gasteiger partial charge in [0.15, 0.2) is 0 Å². The van der Waals surface area contributed by atoms with Gasteiger partial charge in [-0.2, -0.15) is 10.2 Å². The number of aromatic amines is 1. The van der Waals surface area contributed by atoms with Gasteiger partial charge in [0.1, 0.15) is 22.1 Å². The zero-order chi connectivity index (χ0) is 22.6. The summed E-state index contributed by atoms with van der Waals surface area (Å²) in [6.45, 7) is 0.625. The van der Waals surface area contributed by atoms with Crippen LogP contribution in [-0.4, -0.2) is 43.0 Å². The van der Waals surface area contributed by atoms with Gasteiger partial charge >= 0.3 is 0 Å². The van der Waals surface area contributed by atoms with Gasteiger partial charge in [-0.15, -0.1) is 11.3 Å². The molecule has 0 bridgehead atoms. The van der Waals surface area contributed by atoms with Crippen molar-refractivity contribution in [3.63, 3.8) is 0 Å². The van der Waals surface area contributed by atoms with Crippen molar-refractivity contribution >= 4 is 22.9 Å². The zero-order valence-corrected chi connectivity index (χ0v) is 18.4. The summed E-state index contributed by atoms with van der Waals surface area (Å²) in [5, 5.41) is 16.6. The van der Waals surface area contributed by atoms with E-state index in [4.69, 9.17) is 4.74 Å². The minimum Gasteiger partial charge on any atom is -0.497 e. The van der Waals surface area contributed by atoms with E-state index in [9.17, 15) is 4.79 Å². The topological polar surface area (TPSA) is 111 Å². The fourth-order valence-electron chi connectivity index (χ4n) is 3.26. The van der Waals surface area contributed by atoms with Gasteiger partial charge in [-0.3, -0.25) is 19.6 Å². The summed E-state index contributed by atoms with van der Waals surface area (Å²) in [7, 11) is 1.64. The van der Waals surface area contributed by atoms with Gasteiger partial charge in [0, 0.05) is 23.3 Å². The van der Waals surface area contributed by atoms with E-state index in [0.717, 1.165) is 21.9 Å². The van der Waals surface area contributed by atoms with Gasteiger partial charge in [-0.25, -0.2) is 4.98 Å². The van der Waals surface area contributed by atoms with Gasteiger partial charge in [-0.1, -0.05) is 18.2 Å². The number of aromatic nitrogens is 6. The van der Waals surface area contributed by atoms with Crippen molar-refractivity contribution in [1.29, 1.82) is 0 Å². The molecule has 4 heterocycles. The Kier molecular flexibility index (Phi) is 5.64. The number of hydrogen-bond donors (Lipinski definition) is 2. The maximum absolute atomic E-state index is 12.8. The van der Waals surface area contributed by atoms with Crippen LogP contribution in [0.25, 0.3) is 22.0 Å². The zero-order valence-electron chi connectivity index (χ0n) is 17.6. The number of methoxy groups -OCH3 is 1. The Morgan fingerprint density at radius 1 is 1.18 bits per heavy atom. The molecule has 0 saturated heterocycles. The first-order valence-electron chi connectivity index (χ1n) is 10.1. The van der Waals surface area contributed by atoms with E-state index in [0.29, 0.717) is 29.3 Å². The van der Waals surface area contributed by atoms with E-state index in [1.54, 1.807) is 31.1 Å². The van der Waals surface area contributed by atoms with Crippen LogP contribution in [0.5, 0.6) is 5.75 Å². The van der Waals surface area contributed by atoms with Gasteiger partial charge in [0.25, 0.3) is 5.91 Å². The van der Waals surface area contributed by atoms with E-state index in [2.05, 4.69) is 30.6 Å². The molecule has 2 N–H and O–H groups in total. The fourth-order valence-corrected chi connectivity index (χ4v) is 4.04. The Bertz CT molecular complexity index is 1370. The second-order valence-electron chi connectivity index (χ2n) is 7.14. The Morgan fingerprint density at radius 2 is 2.06 bits per heavy atom. The third-order valence-corrected chi connectivity index (χ3v) is 5.82. The predicted octanol–water partition coefficient (Wildman–Crippen LogP) is 4.10. The highest BCUT2D eigenvalue weighted by molar-refractivity contribution is 7.13. The number of nitrogens with zero attached hydrogens (tertiary/aromatic N) is 5. The number of hydrogen-bond acceptors (Lipinski definition) is 7. The number of ether oxygens (including phenoxy) is 1. The van der Waals surface area contributed by atoms with Crippen molar-refractivity contribution in [1.82, 2.24) is 29.9 Å². The summed E-state index contributed by atoms with van der Waals surface area (Å²) < 4.78 is 7.03. The van der Waals surface area contributed by atoms with Crippen molar-refractivity contribution in [3.05, 3.63) is 83.9 Å². The SMILES string of the molecule is COc1ccc(Cn2cc(-c3nc(C(=O)Nc4cn[nH]c4-c4ccccn4)cs3)cn2)cc1. The summed E-state index contributed by atoms with van der Waals surface area (Å²) in [5.74, 6) is 0.498. The van der Waals surface area contributed by atoms with Crippen molar-refractivity contribution < 1.29 is 9.53 Å². The lowest BCUT2D eigenvalue weighted by Gasteiger charge is -2.04. The number of benzene rings is 1. The minimum atomic E-state index is -0.318. The number of rotatable bonds is 7. The molecule has 0 saturated carbocycles. The van der Waals surface area contributed by atoms with E-state index >= 15 is 0 Å². The Morgan fingerprint density at radius 3 is 2.85 bits per heavy atom. The predicted molar refractivity (Wildman–Crippen MR) is 125 cm³/mol. The van der Waals surface area contributed by atoms with Crippen LogP contribution in [0.15, 0.2) is 72.6 Å². The quantitative estimate of drug-likeness (QED) is 0.381. The second-order valence-corrected chi connectivity index (χ2v) is 8.00. The number of carbonyl (C=O) groups excluding carboxylic acids is 1. The van der Waals surface area contributed by atoms with E-state index < -0.39 is 0 Å². The molecule has 0 fully saturated rings. The number of carbonyl (C=O) groups is 1. The summed E-state index contributed by atoms with van der Waals surface area (Å²) in [6, 6.07) is 13.4. The van der Waals surface area contributed by atoms with E-state index in [1.165, 1.54) is 11.3 Å². The molecule has 0 radical (unpaired) electrons. The lowest BCUT2D eigenvalue weighted by atomic mass is 10.2. The highest BCUT2D eigenvalue weighted by Crippen LogP contribution is 2.26. The maximum atomic E-state index is 12.8. The van der Waals surface area contributed by atoms with Crippen molar-refractivity contribution in [2.45, 2.75) is 6.54 Å². The molecule has 0 aliphatic heterocycles. The van der Waals surface area contributed by atoms with Crippen molar-refractivity contribution in [2.24, 2.45) is 0 Å². The molecule has 33 heavy (non-hydrogen) atoms. The van der Waals surface area contributed by atoms with Crippen molar-refractivity contribution in [2.75, 3.05) is 12.4 Å². The first kappa shape index (κ1) is 20.6. The van der Waals surface area contributed by atoms with Gasteiger partial charge in [0.2, 0.25) is 0 Å². The van der Waals surface area contributed by atoms with Crippen LogP contribution in [0, 0.1) is 0 Å². The van der Waals surface area contributed by atoms with Crippen molar-refractivity contribution in [3.8, 4) is 27.7 Å². The number of H-pyrrole nitrogens is 1. The smallest absolute Gasteiger partial charge is 0.275 e. The lowest BCUT2D eigenvalue weighted by molar-refractivity contribution is 0.102. The van der Waals surface area contributed by atoms with Crippen LogP contribution in [-0.2, 0) is 6.54 Å². The molecule has 10 heteroatoms. The molecule has 0 aliphatic rings. The van der Waals surface area contributed by atoms with Crippen LogP contribution in [0.2, 0.25) is 0 Å². The molecular weight excluding hydrogens is 438 g/mol. The monoisotopic (exact) mass is 457 g/mol. The molecule has 5 rings (SSSR count). The normalized spacial score (nSPS) is 10.8. The lowest BCUT2D eigenvalue weighted by Crippen LogP contribution is -2.12. The average molecular weight is 458 g/mol. The largest absolute Gasteiger partial charge is 0.497 e. The van der Waals surface area contributed by atoms with Crippen LogP contribution in [0.1, 0.15) is 16.1 Å². The molecule has 164 valence electrons. The number of pyridine rings is 1. The summed E-state index contributed by atoms with van der Waals surface area (Å²) in [6.07, 6.45) is 6.90. The van der Waals surface area contributed by atoms with Gasteiger partial charge in [-0.05, 0) is 29.8 Å². The Balaban J connectivity index is 1.28. The summed E-state index contributed by atoms with van der Waals surface area (Å²) in [4.78, 5) is 21.6. The number of anilines is 1. The molecule has 0 aliphatic carbocycles. The molecule has 0 unspecified atom stereocenters. The highest BCUT2D eigenvalue weighted by atomic mass is 32.1. The van der Waals surface area contributed by atoms with Crippen LogP contribution in [0.4, 0.5) is 5.69 Å². The maximum Gasteiger partial charge on any atom is 0.275 e. The first-order valence-corrected chi connectivity index (χ1v) is 10.9. The van der Waals surface area contributed by atoms with Crippen LogP contribution < -0.4 is 10.1 Å². The molecule has 1 amide bonds. The highest BCUT2D eigenvalue weighted by Gasteiger charge is 2.17. The first-order chi connectivity index (χ1) is 16.2. The van der Waals surface area contributed by atoms with Gasteiger partial charge < -0.3 is 10.1 Å². The molecule has 0 atom stereocenters. The molecular formula is C23H19N7O2S. The minimum absolute atomic E-state index is 0.318. The van der Waals surface area contributed by atoms with E-state index in [-0.39, 0.29) is 5.91 Å². The standard InChI is InChI=1S/C23H19N7O2S/c1-32-17-7-5-15(6-8-17)12-30-13-16(10-26-30)23-28-20(14-33-23)22(31)27-19-11-25-29-21(19)18-4-2-3-9-24-18/h2-11,13-14H,12H2,1H3,(H,25,29)(H,27,31). The molecule has 4 aromatic heterocycles. The molecule has 5 aromatic rings. The number of nitrogens with one attached hydrogen (secondary N) is 2. The Hall–Kier alpha value is -4.31. The molecule has 9 nitrogen and oxygen atoms in total. The fraction of sp³-hybridized carbons (Fsp3) is 0.0870. The third-order valence-electron chi connectivity index (χ3n) is 4.93. The average Bonchev–Trinajstić information content (AvgIpc) is 3.61. The summed E-state index contributed by atoms with van der Waals surface area (Å²) in [5.41, 5.74) is 4.15. The van der Waals surface area contributed by atoms with E-state index in [1.807, 2.05) is 53.3 Å². The number of amides is 1.